The van der Waals surface area contributed by atoms with Crippen LogP contribution in [0.4, 0.5) is 0 Å². The average molecular weight is 225 g/mol. The van der Waals surface area contributed by atoms with Gasteiger partial charge in [-0.15, -0.1) is 0 Å². The van der Waals surface area contributed by atoms with Gasteiger partial charge in [0.1, 0.15) is 0 Å². The number of hydrogen-bond donors (Lipinski definition) is 1. The maximum atomic E-state index is 9.61. The molecule has 2 aromatic rings. The van der Waals surface area contributed by atoms with Crippen LogP contribution in [0.1, 0.15) is 10.0 Å². The Kier molecular flexibility index (Phi) is 1.74. The molecule has 1 aromatic carbocycles. The fourth-order valence-corrected chi connectivity index (χ4v) is 3.31. The molecule has 12 heavy (non-hydrogen) atoms. The van der Waals surface area contributed by atoms with Crippen molar-refractivity contribution in [3.8, 4) is 5.75 Å². The minimum absolute atomic E-state index is 0.354. The van der Waals surface area contributed by atoms with Crippen LogP contribution in [0.2, 0.25) is 0 Å². The standard InChI is InChI=1S/C10H10OSe/c1-6-3-8-5-7(2)12-10(8)9(11)4-6/h3-5,11H,1-2H3. The quantitative estimate of drug-likeness (QED) is 0.681. The molecular formula is C10H10OSe. The van der Waals surface area contributed by atoms with Gasteiger partial charge >= 0.3 is 77.1 Å². The number of fused-ring (bicyclic) bond motifs is 1. The van der Waals surface area contributed by atoms with Crippen LogP contribution >= 0.6 is 0 Å². The molecule has 0 saturated carbocycles. The first-order chi connectivity index (χ1) is 5.66. The summed E-state index contributed by atoms with van der Waals surface area (Å²) in [6, 6.07) is 6.14. The first kappa shape index (κ1) is 7.90. The van der Waals surface area contributed by atoms with E-state index < -0.39 is 0 Å². The molecule has 1 aromatic heterocycles. The summed E-state index contributed by atoms with van der Waals surface area (Å²) >= 11 is 0.354. The summed E-state index contributed by atoms with van der Waals surface area (Å²) in [4.78, 5) is 0. The molecule has 0 aliphatic rings. The van der Waals surface area contributed by atoms with E-state index in [9.17, 15) is 5.11 Å². The molecule has 0 saturated heterocycles. The molecule has 0 bridgehead atoms. The summed E-state index contributed by atoms with van der Waals surface area (Å²) in [7, 11) is 0. The monoisotopic (exact) mass is 226 g/mol. The zero-order valence-electron chi connectivity index (χ0n) is 7.09. The second-order valence-electron chi connectivity index (χ2n) is 3.06. The Morgan fingerprint density at radius 2 is 1.92 bits per heavy atom. The molecule has 62 valence electrons. The molecule has 0 radical (unpaired) electrons. The van der Waals surface area contributed by atoms with Gasteiger partial charge in [-0.2, -0.15) is 0 Å². The van der Waals surface area contributed by atoms with Crippen LogP contribution < -0.4 is 0 Å². The molecule has 2 rings (SSSR count). The zero-order chi connectivity index (χ0) is 8.72. The van der Waals surface area contributed by atoms with Crippen LogP contribution in [0.3, 0.4) is 0 Å². The number of hydrogen-bond acceptors (Lipinski definition) is 1. The predicted octanol–water partition coefficient (Wildman–Crippen LogP) is 2.22. The Hall–Kier alpha value is -0.721. The van der Waals surface area contributed by atoms with Crippen molar-refractivity contribution in [2.24, 2.45) is 0 Å². The molecule has 0 spiro atoms. The van der Waals surface area contributed by atoms with Gasteiger partial charge in [0.05, 0.1) is 0 Å². The molecule has 2 heteroatoms. The number of aromatic hydroxyl groups is 1. The van der Waals surface area contributed by atoms with Gasteiger partial charge in [0.25, 0.3) is 0 Å². The second kappa shape index (κ2) is 2.65. The van der Waals surface area contributed by atoms with Crippen molar-refractivity contribution in [1.29, 1.82) is 0 Å². The fourth-order valence-electron chi connectivity index (χ4n) is 1.41. The van der Waals surface area contributed by atoms with Gasteiger partial charge in [-0.1, -0.05) is 0 Å². The molecule has 0 amide bonds. The van der Waals surface area contributed by atoms with Crippen LogP contribution in [0.25, 0.3) is 9.65 Å². The minimum atomic E-state index is 0.354. The van der Waals surface area contributed by atoms with E-state index in [4.69, 9.17) is 0 Å². The van der Waals surface area contributed by atoms with Gasteiger partial charge in [-0.25, -0.2) is 0 Å². The van der Waals surface area contributed by atoms with Crippen molar-refractivity contribution in [2.75, 3.05) is 0 Å². The SMILES string of the molecule is Cc1cc(O)c2[se]c(C)cc2c1. The van der Waals surface area contributed by atoms with E-state index in [1.54, 1.807) is 0 Å². The fraction of sp³-hybridized carbons (Fsp3) is 0.200. The Balaban J connectivity index is 2.88. The molecule has 1 nitrogen and oxygen atoms in total. The van der Waals surface area contributed by atoms with Crippen LogP contribution in [-0.4, -0.2) is 19.6 Å². The van der Waals surface area contributed by atoms with Crippen LogP contribution in [0.15, 0.2) is 18.2 Å². The van der Waals surface area contributed by atoms with E-state index >= 15 is 0 Å². The van der Waals surface area contributed by atoms with E-state index in [0.29, 0.717) is 20.3 Å². The third kappa shape index (κ3) is 1.17. The Bertz CT molecular complexity index is 429. The van der Waals surface area contributed by atoms with E-state index in [1.165, 1.54) is 9.82 Å². The molecule has 0 fully saturated rings. The van der Waals surface area contributed by atoms with E-state index in [2.05, 4.69) is 19.1 Å². The zero-order valence-corrected chi connectivity index (χ0v) is 8.80. The summed E-state index contributed by atoms with van der Waals surface area (Å²) in [5.41, 5.74) is 1.13. The third-order valence-corrected chi connectivity index (χ3v) is 4.15. The van der Waals surface area contributed by atoms with Gasteiger partial charge < -0.3 is 0 Å². The van der Waals surface area contributed by atoms with Gasteiger partial charge in [-0.05, 0) is 0 Å². The topological polar surface area (TPSA) is 20.2 Å². The van der Waals surface area contributed by atoms with Gasteiger partial charge in [0, 0.05) is 0 Å². The third-order valence-electron chi connectivity index (χ3n) is 1.86. The van der Waals surface area contributed by atoms with Crippen molar-refractivity contribution >= 4 is 24.1 Å². The molecule has 1 N–H and O–H groups in total. The summed E-state index contributed by atoms with van der Waals surface area (Å²) in [5, 5.41) is 10.8. The number of aryl methyl sites for hydroxylation is 2. The Labute approximate surface area is 77.4 Å². The second-order valence-corrected chi connectivity index (χ2v) is 5.70. The average Bonchev–Trinajstić information content (AvgIpc) is 2.29. The van der Waals surface area contributed by atoms with E-state index in [-0.39, 0.29) is 0 Å². The van der Waals surface area contributed by atoms with Crippen LogP contribution in [0.5, 0.6) is 5.75 Å². The Morgan fingerprint density at radius 3 is 2.67 bits per heavy atom. The predicted molar refractivity (Wildman–Crippen MR) is 52.0 cm³/mol. The molecule has 0 aliphatic heterocycles. The van der Waals surface area contributed by atoms with Crippen molar-refractivity contribution in [1.82, 2.24) is 0 Å². The first-order valence-corrected chi connectivity index (χ1v) is 5.58. The van der Waals surface area contributed by atoms with E-state index in [1.807, 2.05) is 13.0 Å². The molecule has 1 heterocycles. The molecular weight excluding hydrogens is 215 g/mol. The van der Waals surface area contributed by atoms with Gasteiger partial charge in [0.15, 0.2) is 0 Å². The molecule has 0 aliphatic carbocycles. The normalized spacial score (nSPS) is 10.8. The van der Waals surface area contributed by atoms with E-state index in [0.717, 1.165) is 9.82 Å². The maximum absolute atomic E-state index is 9.61. The van der Waals surface area contributed by atoms with Crippen molar-refractivity contribution < 1.29 is 5.11 Å². The summed E-state index contributed by atoms with van der Waals surface area (Å²) in [5.74, 6) is 0.470. The summed E-state index contributed by atoms with van der Waals surface area (Å²) < 4.78 is 2.53. The first-order valence-electron chi connectivity index (χ1n) is 3.86. The van der Waals surface area contributed by atoms with Gasteiger partial charge in [0.2, 0.25) is 0 Å². The Morgan fingerprint density at radius 1 is 1.17 bits per heavy atom. The number of rotatable bonds is 0. The number of phenols is 1. The van der Waals surface area contributed by atoms with Crippen LogP contribution in [-0.2, 0) is 0 Å². The number of phenolic OH excluding ortho intramolecular Hbond substituents is 1. The molecule has 0 atom stereocenters. The van der Waals surface area contributed by atoms with Crippen molar-refractivity contribution in [3.63, 3.8) is 0 Å². The van der Waals surface area contributed by atoms with Crippen molar-refractivity contribution in [2.45, 2.75) is 13.8 Å². The molecule has 0 unspecified atom stereocenters. The van der Waals surface area contributed by atoms with Gasteiger partial charge in [-0.3, -0.25) is 0 Å². The summed E-state index contributed by atoms with van der Waals surface area (Å²) in [6.45, 7) is 4.13. The number of benzene rings is 1. The summed E-state index contributed by atoms with van der Waals surface area (Å²) in [6.07, 6.45) is 0. The van der Waals surface area contributed by atoms with Crippen LogP contribution in [0, 0.1) is 13.8 Å². The van der Waals surface area contributed by atoms with Crippen molar-refractivity contribution in [3.05, 3.63) is 28.2 Å².